The number of nitrogens with zero attached hydrogens (tertiary/aromatic N) is 1. The highest BCUT2D eigenvalue weighted by molar-refractivity contribution is 5.87. The van der Waals surface area contributed by atoms with Gasteiger partial charge in [-0.1, -0.05) is 82.1 Å². The van der Waals surface area contributed by atoms with Crippen LogP contribution in [0.2, 0.25) is 0 Å². The maximum absolute atomic E-state index is 6.55. The van der Waals surface area contributed by atoms with E-state index in [1.165, 1.54) is 101 Å². The fraction of sp³-hybridized carbons (Fsp3) is 0.629. The molecule has 2 nitrogen and oxygen atoms in total. The lowest BCUT2D eigenvalue weighted by atomic mass is 9.56. The molecule has 37 heavy (non-hydrogen) atoms. The Kier molecular flexibility index (Phi) is 8.00. The average molecular weight is 498 g/mol. The van der Waals surface area contributed by atoms with E-state index in [2.05, 4.69) is 55.6 Å². The first kappa shape index (κ1) is 25.2. The van der Waals surface area contributed by atoms with E-state index in [4.69, 9.17) is 9.73 Å². The van der Waals surface area contributed by atoms with Crippen molar-refractivity contribution in [2.24, 2.45) is 28.7 Å². The van der Waals surface area contributed by atoms with Crippen molar-refractivity contribution in [2.45, 2.75) is 109 Å². The predicted molar refractivity (Wildman–Crippen MR) is 155 cm³/mol. The van der Waals surface area contributed by atoms with Crippen LogP contribution in [0, 0.1) is 23.7 Å². The summed E-state index contributed by atoms with van der Waals surface area (Å²) in [6.45, 7) is 2.86. The molecule has 6 rings (SSSR count). The minimum absolute atomic E-state index is 0.649. The number of rotatable bonds is 6. The van der Waals surface area contributed by atoms with Crippen molar-refractivity contribution >= 4 is 11.9 Å². The van der Waals surface area contributed by atoms with Gasteiger partial charge in [-0.05, 0) is 104 Å². The minimum atomic E-state index is 0.649. The van der Waals surface area contributed by atoms with Crippen molar-refractivity contribution in [1.82, 2.24) is 0 Å². The topological polar surface area (TPSA) is 21.6 Å². The van der Waals surface area contributed by atoms with Crippen LogP contribution < -0.4 is 4.74 Å². The molecular weight excluding hydrogens is 450 g/mol. The minimum Gasteiger partial charge on any atom is -0.493 e. The van der Waals surface area contributed by atoms with Crippen LogP contribution in [0.5, 0.6) is 5.75 Å². The fourth-order valence-corrected chi connectivity index (χ4v) is 8.75. The van der Waals surface area contributed by atoms with Crippen LogP contribution in [0.15, 0.2) is 47.5 Å². The summed E-state index contributed by atoms with van der Waals surface area (Å²) < 4.78 is 6.55. The van der Waals surface area contributed by atoms with Crippen LogP contribution in [0.25, 0.3) is 0 Å². The largest absolute Gasteiger partial charge is 0.493 e. The molecule has 0 spiro atoms. The van der Waals surface area contributed by atoms with E-state index in [1.54, 1.807) is 5.56 Å². The molecule has 4 aliphatic rings. The Morgan fingerprint density at radius 1 is 0.784 bits per heavy atom. The van der Waals surface area contributed by atoms with E-state index in [0.717, 1.165) is 35.1 Å². The van der Waals surface area contributed by atoms with Crippen LogP contribution in [0.4, 0.5) is 5.69 Å². The van der Waals surface area contributed by atoms with Gasteiger partial charge in [0.05, 0.1) is 12.3 Å². The van der Waals surface area contributed by atoms with Gasteiger partial charge in [0.15, 0.2) is 0 Å². The number of hydrogen-bond donors (Lipinski definition) is 0. The third-order valence-electron chi connectivity index (χ3n) is 10.5. The highest BCUT2D eigenvalue weighted by atomic mass is 16.5. The molecule has 4 fully saturated rings. The molecule has 0 bridgehead atoms. The van der Waals surface area contributed by atoms with Gasteiger partial charge in [-0.25, -0.2) is 0 Å². The normalized spacial score (nSPS) is 30.6. The third-order valence-corrected chi connectivity index (χ3v) is 10.5. The van der Waals surface area contributed by atoms with Gasteiger partial charge in [0.1, 0.15) is 5.75 Å². The standard InChI is InChI=1S/C35H47NO/c1-2-37-35-30(24-36-31-17-7-4-8-18-31)21-29(25-12-5-3-6-13-25)23-34(35)32-19-11-16-28-20-26-14-9-10-15-27(26)22-33(28)32/h4,7-8,17-18,21,23-28,32-33H,2-3,5-6,9-16,19-20,22H2,1H3. The zero-order chi connectivity index (χ0) is 25.0. The van der Waals surface area contributed by atoms with E-state index >= 15 is 0 Å². The first-order chi connectivity index (χ1) is 18.3. The summed E-state index contributed by atoms with van der Waals surface area (Å²) in [5.74, 6) is 6.24. The lowest BCUT2D eigenvalue weighted by molar-refractivity contribution is 0.0383. The van der Waals surface area contributed by atoms with E-state index in [1.807, 2.05) is 0 Å². The van der Waals surface area contributed by atoms with Gasteiger partial charge in [0.2, 0.25) is 0 Å². The molecule has 0 saturated heterocycles. The quantitative estimate of drug-likeness (QED) is 0.364. The maximum Gasteiger partial charge on any atom is 0.131 e. The Labute approximate surface area is 225 Å². The van der Waals surface area contributed by atoms with E-state index < -0.39 is 0 Å². The monoisotopic (exact) mass is 497 g/mol. The van der Waals surface area contributed by atoms with Gasteiger partial charge in [-0.15, -0.1) is 0 Å². The second-order valence-corrected chi connectivity index (χ2v) is 12.6. The summed E-state index contributed by atoms with van der Waals surface area (Å²) in [6.07, 6.45) is 22.0. The molecule has 0 heterocycles. The van der Waals surface area contributed by atoms with Crippen molar-refractivity contribution in [3.05, 3.63) is 59.2 Å². The molecule has 0 aliphatic heterocycles. The first-order valence-electron chi connectivity index (χ1n) is 15.7. The average Bonchev–Trinajstić information content (AvgIpc) is 2.96. The Morgan fingerprint density at radius 2 is 1.51 bits per heavy atom. The molecule has 198 valence electrons. The molecule has 2 heteroatoms. The lowest BCUT2D eigenvalue weighted by Crippen LogP contribution is -2.38. The van der Waals surface area contributed by atoms with Crippen molar-refractivity contribution in [1.29, 1.82) is 0 Å². The molecule has 0 amide bonds. The third kappa shape index (κ3) is 5.55. The summed E-state index contributed by atoms with van der Waals surface area (Å²) in [7, 11) is 0. The number of para-hydroxylation sites is 1. The van der Waals surface area contributed by atoms with Crippen LogP contribution in [-0.4, -0.2) is 12.8 Å². The zero-order valence-electron chi connectivity index (χ0n) is 23.0. The Bertz CT molecular complexity index is 1050. The number of aliphatic imine (C=N–C) groups is 1. The maximum atomic E-state index is 6.55. The van der Waals surface area contributed by atoms with Gasteiger partial charge in [0.25, 0.3) is 0 Å². The smallest absolute Gasteiger partial charge is 0.131 e. The molecule has 5 atom stereocenters. The number of benzene rings is 2. The summed E-state index contributed by atoms with van der Waals surface area (Å²) in [5, 5.41) is 0. The summed E-state index contributed by atoms with van der Waals surface area (Å²) >= 11 is 0. The number of fused-ring (bicyclic) bond motifs is 2. The predicted octanol–water partition coefficient (Wildman–Crippen LogP) is 9.98. The highest BCUT2D eigenvalue weighted by Gasteiger charge is 2.44. The second-order valence-electron chi connectivity index (χ2n) is 12.6. The molecule has 0 N–H and O–H groups in total. The first-order valence-corrected chi connectivity index (χ1v) is 15.7. The Hall–Kier alpha value is -2.09. The van der Waals surface area contributed by atoms with Crippen LogP contribution in [0.3, 0.4) is 0 Å². The molecule has 5 unspecified atom stereocenters. The lowest BCUT2D eigenvalue weighted by Gasteiger charge is -2.49. The number of ether oxygens (including phenoxy) is 1. The van der Waals surface area contributed by atoms with Crippen LogP contribution in [-0.2, 0) is 0 Å². The van der Waals surface area contributed by atoms with Crippen molar-refractivity contribution < 1.29 is 4.74 Å². The Balaban J connectivity index is 1.40. The molecule has 4 aliphatic carbocycles. The summed E-state index contributed by atoms with van der Waals surface area (Å²) in [5.41, 5.74) is 5.31. The van der Waals surface area contributed by atoms with E-state index in [0.29, 0.717) is 18.4 Å². The van der Waals surface area contributed by atoms with Crippen molar-refractivity contribution in [3.63, 3.8) is 0 Å². The summed E-state index contributed by atoms with van der Waals surface area (Å²) in [4.78, 5) is 4.92. The molecule has 2 aromatic carbocycles. The van der Waals surface area contributed by atoms with E-state index in [-0.39, 0.29) is 0 Å². The Morgan fingerprint density at radius 3 is 2.30 bits per heavy atom. The SMILES string of the molecule is CCOc1c(C=Nc2ccccc2)cc(C2CCCCC2)cc1C1CCCC2CC3CCCCC3CC21. The molecule has 4 saturated carbocycles. The highest BCUT2D eigenvalue weighted by Crippen LogP contribution is 2.56. The molecular formula is C35H47NO. The van der Waals surface area contributed by atoms with Gasteiger partial charge < -0.3 is 4.74 Å². The second kappa shape index (κ2) is 11.7. The van der Waals surface area contributed by atoms with Crippen LogP contribution >= 0.6 is 0 Å². The summed E-state index contributed by atoms with van der Waals surface area (Å²) in [6, 6.07) is 15.5. The van der Waals surface area contributed by atoms with E-state index in [9.17, 15) is 0 Å². The van der Waals surface area contributed by atoms with Crippen molar-refractivity contribution in [3.8, 4) is 5.75 Å². The van der Waals surface area contributed by atoms with Gasteiger partial charge in [-0.3, -0.25) is 4.99 Å². The van der Waals surface area contributed by atoms with Gasteiger partial charge in [0, 0.05) is 11.8 Å². The fourth-order valence-electron chi connectivity index (χ4n) is 8.75. The van der Waals surface area contributed by atoms with Gasteiger partial charge >= 0.3 is 0 Å². The van der Waals surface area contributed by atoms with Crippen molar-refractivity contribution in [2.75, 3.05) is 6.61 Å². The zero-order valence-corrected chi connectivity index (χ0v) is 23.0. The number of hydrogen-bond acceptors (Lipinski definition) is 2. The van der Waals surface area contributed by atoms with Gasteiger partial charge in [-0.2, -0.15) is 0 Å². The molecule has 0 aromatic heterocycles. The molecule has 2 aromatic rings. The van der Waals surface area contributed by atoms with Crippen LogP contribution in [0.1, 0.15) is 125 Å². The molecule has 0 radical (unpaired) electrons.